The predicted molar refractivity (Wildman–Crippen MR) is 43.4 cm³/mol. The Labute approximate surface area is 78.8 Å². The number of halogens is 3. The molecule has 1 nitrogen and oxygen atoms in total. The largest absolute Gasteiger partial charge is 0.206 e. The summed E-state index contributed by atoms with van der Waals surface area (Å²) in [5.74, 6) is 0.844. The van der Waals surface area contributed by atoms with E-state index in [9.17, 15) is 13.2 Å². The molecule has 0 aromatic heterocycles. The summed E-state index contributed by atoms with van der Waals surface area (Å²) in [7, 11) is 0. The molecule has 0 aliphatic rings. The first-order valence-corrected chi connectivity index (χ1v) is 3.66. The molecule has 0 amide bonds. The summed E-state index contributed by atoms with van der Waals surface area (Å²) in [6, 6.07) is 3.15. The van der Waals surface area contributed by atoms with Crippen LogP contribution in [0.3, 0.4) is 0 Å². The molecular formula is C10H4F3N. The molecule has 0 bridgehead atoms. The SMILES string of the molecule is N#CCC#Cc1c(F)ccc(F)c1F. The quantitative estimate of drug-likeness (QED) is 0.460. The van der Waals surface area contributed by atoms with E-state index in [4.69, 9.17) is 5.26 Å². The molecule has 0 aliphatic heterocycles. The first kappa shape index (κ1) is 10.1. The van der Waals surface area contributed by atoms with Gasteiger partial charge in [-0.15, -0.1) is 0 Å². The normalized spacial score (nSPS) is 8.71. The lowest BCUT2D eigenvalue weighted by Crippen LogP contribution is -1.93. The van der Waals surface area contributed by atoms with Crippen molar-refractivity contribution < 1.29 is 13.2 Å². The van der Waals surface area contributed by atoms with Gasteiger partial charge in [-0.05, 0) is 12.1 Å². The lowest BCUT2D eigenvalue weighted by atomic mass is 10.2. The highest BCUT2D eigenvalue weighted by Crippen LogP contribution is 2.14. The average Bonchev–Trinajstić information content (AvgIpc) is 2.18. The zero-order valence-electron chi connectivity index (χ0n) is 6.94. The van der Waals surface area contributed by atoms with Crippen molar-refractivity contribution in [3.63, 3.8) is 0 Å². The van der Waals surface area contributed by atoms with Crippen molar-refractivity contribution in [3.05, 3.63) is 35.1 Å². The molecule has 0 radical (unpaired) electrons. The van der Waals surface area contributed by atoms with E-state index in [1.807, 2.05) is 0 Å². The van der Waals surface area contributed by atoms with Crippen LogP contribution in [0.4, 0.5) is 13.2 Å². The third-order valence-electron chi connectivity index (χ3n) is 1.42. The molecule has 70 valence electrons. The van der Waals surface area contributed by atoms with Gasteiger partial charge < -0.3 is 0 Å². The zero-order chi connectivity index (χ0) is 10.6. The van der Waals surface area contributed by atoms with E-state index in [2.05, 4.69) is 11.8 Å². The Morgan fingerprint density at radius 1 is 1.14 bits per heavy atom. The number of nitriles is 1. The number of rotatable bonds is 0. The van der Waals surface area contributed by atoms with E-state index < -0.39 is 23.0 Å². The second kappa shape index (κ2) is 4.34. The van der Waals surface area contributed by atoms with Gasteiger partial charge in [0.05, 0.1) is 18.1 Å². The minimum absolute atomic E-state index is 0.157. The maximum atomic E-state index is 12.9. The van der Waals surface area contributed by atoms with Crippen LogP contribution in [0.1, 0.15) is 12.0 Å². The van der Waals surface area contributed by atoms with Gasteiger partial charge in [0.25, 0.3) is 0 Å². The molecule has 0 aliphatic carbocycles. The molecule has 0 atom stereocenters. The Balaban J connectivity index is 3.16. The number of hydrogen-bond acceptors (Lipinski definition) is 1. The Kier molecular flexibility index (Phi) is 3.14. The molecule has 0 unspecified atom stereocenters. The summed E-state index contributed by atoms with van der Waals surface area (Å²) in [5, 5.41) is 8.12. The van der Waals surface area contributed by atoms with Gasteiger partial charge in [0.1, 0.15) is 5.82 Å². The maximum absolute atomic E-state index is 12.9. The Morgan fingerprint density at radius 3 is 2.43 bits per heavy atom. The highest BCUT2D eigenvalue weighted by Gasteiger charge is 2.10. The van der Waals surface area contributed by atoms with Crippen molar-refractivity contribution in [3.8, 4) is 17.9 Å². The van der Waals surface area contributed by atoms with E-state index in [0.717, 1.165) is 6.07 Å². The van der Waals surface area contributed by atoms with Crippen LogP contribution in [0.15, 0.2) is 12.1 Å². The molecule has 0 saturated heterocycles. The van der Waals surface area contributed by atoms with Crippen molar-refractivity contribution >= 4 is 0 Å². The highest BCUT2D eigenvalue weighted by atomic mass is 19.2. The fraction of sp³-hybridized carbons (Fsp3) is 0.100. The number of hydrogen-bond donors (Lipinski definition) is 0. The van der Waals surface area contributed by atoms with E-state index in [-0.39, 0.29) is 6.42 Å². The second-order valence-corrected chi connectivity index (χ2v) is 2.35. The predicted octanol–water partition coefficient (Wildman–Crippen LogP) is 2.37. The first-order chi connectivity index (χ1) is 6.66. The molecule has 14 heavy (non-hydrogen) atoms. The van der Waals surface area contributed by atoms with Gasteiger partial charge in [-0.25, -0.2) is 13.2 Å². The van der Waals surface area contributed by atoms with Crippen LogP contribution in [-0.4, -0.2) is 0 Å². The van der Waals surface area contributed by atoms with E-state index in [0.29, 0.717) is 6.07 Å². The summed E-state index contributed by atoms with van der Waals surface area (Å²) >= 11 is 0. The molecule has 0 spiro atoms. The summed E-state index contributed by atoms with van der Waals surface area (Å²) in [4.78, 5) is 0. The third-order valence-corrected chi connectivity index (χ3v) is 1.42. The molecule has 0 saturated carbocycles. The lowest BCUT2D eigenvalue weighted by molar-refractivity contribution is 0.491. The summed E-state index contributed by atoms with van der Waals surface area (Å²) < 4.78 is 38.3. The molecule has 1 aromatic rings. The van der Waals surface area contributed by atoms with Crippen LogP contribution >= 0.6 is 0 Å². The number of benzene rings is 1. The summed E-state index contributed by atoms with van der Waals surface area (Å²) in [5.41, 5.74) is -0.639. The third kappa shape index (κ3) is 2.05. The van der Waals surface area contributed by atoms with Crippen LogP contribution in [-0.2, 0) is 0 Å². The molecule has 1 rings (SSSR count). The lowest BCUT2D eigenvalue weighted by Gasteiger charge is -1.96. The van der Waals surface area contributed by atoms with E-state index in [1.54, 1.807) is 6.07 Å². The Bertz CT molecular complexity index is 449. The van der Waals surface area contributed by atoms with Gasteiger partial charge in [0, 0.05) is 0 Å². The van der Waals surface area contributed by atoms with Crippen molar-refractivity contribution in [2.75, 3.05) is 0 Å². The minimum atomic E-state index is -1.32. The van der Waals surface area contributed by atoms with Gasteiger partial charge in [-0.3, -0.25) is 0 Å². The van der Waals surface area contributed by atoms with E-state index in [1.165, 1.54) is 0 Å². The molecule has 0 heterocycles. The first-order valence-electron chi connectivity index (χ1n) is 3.66. The van der Waals surface area contributed by atoms with Gasteiger partial charge in [-0.1, -0.05) is 11.8 Å². The summed E-state index contributed by atoms with van der Waals surface area (Å²) in [6.07, 6.45) is -0.157. The maximum Gasteiger partial charge on any atom is 0.177 e. The van der Waals surface area contributed by atoms with Gasteiger partial charge in [0.15, 0.2) is 11.6 Å². The molecule has 0 N–H and O–H groups in total. The fourth-order valence-electron chi connectivity index (χ4n) is 0.814. The summed E-state index contributed by atoms with van der Waals surface area (Å²) in [6.45, 7) is 0. The smallest absolute Gasteiger partial charge is 0.177 e. The van der Waals surface area contributed by atoms with Gasteiger partial charge in [-0.2, -0.15) is 5.26 Å². The van der Waals surface area contributed by atoms with Crippen molar-refractivity contribution in [2.45, 2.75) is 6.42 Å². The minimum Gasteiger partial charge on any atom is -0.206 e. The standard InChI is InChI=1S/C10H4F3N/c11-8-4-5-9(12)10(13)7(8)3-1-2-6-14/h4-5H,2H2. The second-order valence-electron chi connectivity index (χ2n) is 2.35. The Morgan fingerprint density at radius 2 is 1.79 bits per heavy atom. The van der Waals surface area contributed by atoms with Crippen LogP contribution in [0.2, 0.25) is 0 Å². The van der Waals surface area contributed by atoms with Crippen molar-refractivity contribution in [1.29, 1.82) is 5.26 Å². The zero-order valence-corrected chi connectivity index (χ0v) is 6.94. The monoisotopic (exact) mass is 195 g/mol. The number of nitrogens with zero attached hydrogens (tertiary/aromatic N) is 1. The Hall–Kier alpha value is -1.94. The van der Waals surface area contributed by atoms with Crippen molar-refractivity contribution in [1.82, 2.24) is 0 Å². The average molecular weight is 195 g/mol. The molecule has 4 heteroatoms. The molecule has 1 aromatic carbocycles. The van der Waals surface area contributed by atoms with Crippen molar-refractivity contribution in [2.24, 2.45) is 0 Å². The van der Waals surface area contributed by atoms with Crippen LogP contribution in [0, 0.1) is 40.6 Å². The van der Waals surface area contributed by atoms with Crippen LogP contribution in [0.5, 0.6) is 0 Å². The van der Waals surface area contributed by atoms with Gasteiger partial charge in [0.2, 0.25) is 0 Å². The highest BCUT2D eigenvalue weighted by molar-refractivity contribution is 5.37. The topological polar surface area (TPSA) is 23.8 Å². The van der Waals surface area contributed by atoms with Crippen LogP contribution < -0.4 is 0 Å². The molecule has 0 fully saturated rings. The fourth-order valence-corrected chi connectivity index (χ4v) is 0.814. The van der Waals surface area contributed by atoms with E-state index >= 15 is 0 Å². The van der Waals surface area contributed by atoms with Crippen LogP contribution in [0.25, 0.3) is 0 Å². The van der Waals surface area contributed by atoms with Gasteiger partial charge >= 0.3 is 0 Å². The molecular weight excluding hydrogens is 191 g/mol.